The minimum Gasteiger partial charge on any atom is -0.374 e. The average molecular weight is 320 g/mol. The molecular weight excluding hydrogens is 288 g/mol. The van der Waals surface area contributed by atoms with Gasteiger partial charge in [0.1, 0.15) is 0 Å². The van der Waals surface area contributed by atoms with Crippen LogP contribution in [0.15, 0.2) is 12.4 Å². The standard InChI is InChI=1S/C18H32N4O/c1-15(2)9-22-12-17(8-19-22)11-21(10-16-4-5-16)14-18-13-20(3)6-7-23-18/h8,12,15-16,18H,4-7,9-11,13-14H2,1-3H3/t18-/m1/s1. The van der Waals surface area contributed by atoms with Gasteiger partial charge in [-0.15, -0.1) is 0 Å². The minimum absolute atomic E-state index is 0.346. The van der Waals surface area contributed by atoms with E-state index in [9.17, 15) is 0 Å². The van der Waals surface area contributed by atoms with Gasteiger partial charge in [0.05, 0.1) is 18.9 Å². The maximum absolute atomic E-state index is 5.97. The van der Waals surface area contributed by atoms with E-state index in [0.29, 0.717) is 12.0 Å². The molecule has 1 saturated carbocycles. The van der Waals surface area contributed by atoms with Crippen molar-refractivity contribution < 1.29 is 4.74 Å². The summed E-state index contributed by atoms with van der Waals surface area (Å²) in [5.74, 6) is 1.54. The number of rotatable bonds is 8. The van der Waals surface area contributed by atoms with E-state index in [2.05, 4.69) is 46.7 Å². The first-order valence-corrected chi connectivity index (χ1v) is 9.12. The van der Waals surface area contributed by atoms with Crippen LogP contribution in [0.3, 0.4) is 0 Å². The molecule has 1 aromatic rings. The summed E-state index contributed by atoms with van der Waals surface area (Å²) in [6.45, 7) is 11.7. The van der Waals surface area contributed by atoms with Crippen molar-refractivity contribution in [2.45, 2.75) is 45.9 Å². The van der Waals surface area contributed by atoms with Crippen molar-refractivity contribution >= 4 is 0 Å². The van der Waals surface area contributed by atoms with Gasteiger partial charge in [0.2, 0.25) is 0 Å². The number of morpholine rings is 1. The van der Waals surface area contributed by atoms with E-state index in [0.717, 1.165) is 45.2 Å². The van der Waals surface area contributed by atoms with Crippen LogP contribution in [0.1, 0.15) is 32.3 Å². The summed E-state index contributed by atoms with van der Waals surface area (Å²) in [5.41, 5.74) is 1.33. The fourth-order valence-electron chi connectivity index (χ4n) is 3.35. The summed E-state index contributed by atoms with van der Waals surface area (Å²) < 4.78 is 8.06. The second kappa shape index (κ2) is 7.77. The Kier molecular flexibility index (Phi) is 5.72. The highest BCUT2D eigenvalue weighted by Gasteiger charge is 2.27. The monoisotopic (exact) mass is 320 g/mol. The molecule has 2 heterocycles. The normalized spacial score (nSPS) is 23.1. The predicted octanol–water partition coefficient (Wildman–Crippen LogP) is 2.08. The lowest BCUT2D eigenvalue weighted by Crippen LogP contribution is -2.46. The van der Waals surface area contributed by atoms with E-state index in [1.54, 1.807) is 0 Å². The van der Waals surface area contributed by atoms with E-state index >= 15 is 0 Å². The third kappa shape index (κ3) is 5.59. The molecule has 0 unspecified atom stereocenters. The van der Waals surface area contributed by atoms with Crippen LogP contribution in [0.5, 0.6) is 0 Å². The van der Waals surface area contributed by atoms with E-state index in [1.165, 1.54) is 24.9 Å². The third-order valence-corrected chi connectivity index (χ3v) is 4.66. The van der Waals surface area contributed by atoms with Crippen molar-refractivity contribution in [1.82, 2.24) is 19.6 Å². The molecule has 5 nitrogen and oxygen atoms in total. The molecule has 1 aromatic heterocycles. The second-order valence-electron chi connectivity index (χ2n) is 7.86. The number of aromatic nitrogens is 2. The van der Waals surface area contributed by atoms with Gasteiger partial charge in [0, 0.05) is 51.0 Å². The van der Waals surface area contributed by atoms with Gasteiger partial charge in [0.25, 0.3) is 0 Å². The smallest absolute Gasteiger partial charge is 0.0829 e. The first-order valence-electron chi connectivity index (χ1n) is 9.12. The van der Waals surface area contributed by atoms with Gasteiger partial charge in [-0.05, 0) is 31.7 Å². The van der Waals surface area contributed by atoms with Crippen LogP contribution in [0.25, 0.3) is 0 Å². The van der Waals surface area contributed by atoms with Crippen molar-refractivity contribution in [3.63, 3.8) is 0 Å². The van der Waals surface area contributed by atoms with E-state index in [-0.39, 0.29) is 0 Å². The lowest BCUT2D eigenvalue weighted by Gasteiger charge is -2.34. The topological polar surface area (TPSA) is 33.5 Å². The first-order chi connectivity index (χ1) is 11.1. The molecule has 23 heavy (non-hydrogen) atoms. The number of nitrogens with zero attached hydrogens (tertiary/aromatic N) is 4. The van der Waals surface area contributed by atoms with Crippen molar-refractivity contribution in [2.24, 2.45) is 11.8 Å². The van der Waals surface area contributed by atoms with Gasteiger partial charge in [0.15, 0.2) is 0 Å². The molecule has 130 valence electrons. The van der Waals surface area contributed by atoms with Crippen LogP contribution in [0.2, 0.25) is 0 Å². The van der Waals surface area contributed by atoms with E-state index in [1.807, 2.05) is 6.20 Å². The van der Waals surface area contributed by atoms with E-state index in [4.69, 9.17) is 4.74 Å². The Hall–Kier alpha value is -0.910. The molecule has 2 aliphatic rings. The average Bonchev–Trinajstić information content (AvgIpc) is 3.18. The Bertz CT molecular complexity index is 483. The summed E-state index contributed by atoms with van der Waals surface area (Å²) in [7, 11) is 2.19. The molecule has 0 spiro atoms. The third-order valence-electron chi connectivity index (χ3n) is 4.66. The van der Waals surface area contributed by atoms with Crippen LogP contribution in [0, 0.1) is 11.8 Å². The molecule has 2 fully saturated rings. The molecular formula is C18H32N4O. The Morgan fingerprint density at radius 2 is 2.17 bits per heavy atom. The summed E-state index contributed by atoms with van der Waals surface area (Å²) in [6, 6.07) is 0. The van der Waals surface area contributed by atoms with Gasteiger partial charge in [-0.1, -0.05) is 13.8 Å². The van der Waals surface area contributed by atoms with Crippen LogP contribution in [0.4, 0.5) is 0 Å². The molecule has 0 aromatic carbocycles. The van der Waals surface area contributed by atoms with Gasteiger partial charge >= 0.3 is 0 Å². The SMILES string of the molecule is CC(C)Cn1cc(CN(CC2CC2)C[C@H]2CN(C)CCO2)cn1. The lowest BCUT2D eigenvalue weighted by molar-refractivity contribution is -0.0372. The quantitative estimate of drug-likeness (QED) is 0.734. The Morgan fingerprint density at radius 3 is 2.87 bits per heavy atom. The number of likely N-dealkylation sites (N-methyl/N-ethyl adjacent to an activating group) is 1. The Morgan fingerprint density at radius 1 is 1.35 bits per heavy atom. The van der Waals surface area contributed by atoms with Crippen molar-refractivity contribution in [1.29, 1.82) is 0 Å². The lowest BCUT2D eigenvalue weighted by atomic mass is 10.2. The summed E-state index contributed by atoms with van der Waals surface area (Å²) in [4.78, 5) is 4.96. The highest BCUT2D eigenvalue weighted by Crippen LogP contribution is 2.30. The van der Waals surface area contributed by atoms with Crippen LogP contribution < -0.4 is 0 Å². The molecule has 1 aliphatic heterocycles. The summed E-state index contributed by atoms with van der Waals surface area (Å²) in [5, 5.41) is 4.51. The van der Waals surface area contributed by atoms with E-state index < -0.39 is 0 Å². The zero-order valence-corrected chi connectivity index (χ0v) is 14.9. The largest absolute Gasteiger partial charge is 0.374 e. The Balaban J connectivity index is 1.56. The summed E-state index contributed by atoms with van der Waals surface area (Å²) in [6.07, 6.45) is 7.39. The van der Waals surface area contributed by atoms with Crippen LogP contribution in [-0.4, -0.2) is 65.5 Å². The zero-order chi connectivity index (χ0) is 16.2. The van der Waals surface area contributed by atoms with Crippen molar-refractivity contribution in [2.75, 3.05) is 39.8 Å². The van der Waals surface area contributed by atoms with Gasteiger partial charge in [-0.25, -0.2) is 0 Å². The first kappa shape index (κ1) is 16.9. The molecule has 1 aliphatic carbocycles. The predicted molar refractivity (Wildman–Crippen MR) is 92.3 cm³/mol. The maximum atomic E-state index is 5.97. The molecule has 1 saturated heterocycles. The number of hydrogen-bond acceptors (Lipinski definition) is 4. The number of ether oxygens (including phenoxy) is 1. The maximum Gasteiger partial charge on any atom is 0.0829 e. The number of hydrogen-bond donors (Lipinski definition) is 0. The molecule has 1 atom stereocenters. The highest BCUT2D eigenvalue weighted by molar-refractivity contribution is 5.04. The highest BCUT2D eigenvalue weighted by atomic mass is 16.5. The molecule has 3 rings (SSSR count). The molecule has 5 heteroatoms. The molecule has 0 radical (unpaired) electrons. The van der Waals surface area contributed by atoms with Crippen molar-refractivity contribution in [3.05, 3.63) is 18.0 Å². The zero-order valence-electron chi connectivity index (χ0n) is 14.9. The summed E-state index contributed by atoms with van der Waals surface area (Å²) >= 11 is 0. The second-order valence-corrected chi connectivity index (χ2v) is 7.86. The molecule has 0 amide bonds. The van der Waals surface area contributed by atoms with Gasteiger partial charge in [-0.2, -0.15) is 5.10 Å². The fourth-order valence-corrected chi connectivity index (χ4v) is 3.35. The molecule has 0 N–H and O–H groups in total. The van der Waals surface area contributed by atoms with Crippen LogP contribution in [-0.2, 0) is 17.8 Å². The van der Waals surface area contributed by atoms with Gasteiger partial charge in [-0.3, -0.25) is 9.58 Å². The van der Waals surface area contributed by atoms with Gasteiger partial charge < -0.3 is 9.64 Å². The van der Waals surface area contributed by atoms with Crippen LogP contribution >= 0.6 is 0 Å². The minimum atomic E-state index is 0.346. The van der Waals surface area contributed by atoms with Crippen molar-refractivity contribution in [3.8, 4) is 0 Å². The fraction of sp³-hybridized carbons (Fsp3) is 0.833. The molecule has 0 bridgehead atoms. The Labute approximate surface area is 140 Å².